The minimum atomic E-state index is -0.550. The van der Waals surface area contributed by atoms with Gasteiger partial charge in [0.25, 0.3) is 5.89 Å². The first-order chi connectivity index (χ1) is 6.61. The maximum absolute atomic E-state index is 5.57. The van der Waals surface area contributed by atoms with Gasteiger partial charge >= 0.3 is 0 Å². The van der Waals surface area contributed by atoms with Gasteiger partial charge in [-0.25, -0.2) is 0 Å². The highest BCUT2D eigenvalue weighted by Gasteiger charge is 2.36. The van der Waals surface area contributed by atoms with Gasteiger partial charge in [0, 0.05) is 6.42 Å². The molecule has 1 aromatic heterocycles. The maximum Gasteiger partial charge on any atom is 0.258 e. The summed E-state index contributed by atoms with van der Waals surface area (Å²) in [4.78, 5) is 4.19. The van der Waals surface area contributed by atoms with Crippen molar-refractivity contribution >= 4 is 0 Å². The summed E-state index contributed by atoms with van der Waals surface area (Å²) in [6, 6.07) is 0. The van der Waals surface area contributed by atoms with Gasteiger partial charge in [0.15, 0.2) is 17.7 Å². The van der Waals surface area contributed by atoms with Crippen molar-refractivity contribution in [3.63, 3.8) is 0 Å². The van der Waals surface area contributed by atoms with Gasteiger partial charge < -0.3 is 14.0 Å². The first-order valence-electron chi connectivity index (χ1n) is 4.75. The van der Waals surface area contributed by atoms with Crippen molar-refractivity contribution in [1.82, 2.24) is 10.1 Å². The van der Waals surface area contributed by atoms with E-state index in [4.69, 9.17) is 14.0 Å². The van der Waals surface area contributed by atoms with Crippen LogP contribution in [0.25, 0.3) is 0 Å². The quantitative estimate of drug-likeness (QED) is 0.720. The average Bonchev–Trinajstić information content (AvgIpc) is 2.70. The van der Waals surface area contributed by atoms with Gasteiger partial charge in [-0.2, -0.15) is 4.98 Å². The summed E-state index contributed by atoms with van der Waals surface area (Å²) in [6.07, 6.45) is 0.540. The molecule has 5 heteroatoms. The zero-order valence-corrected chi connectivity index (χ0v) is 8.61. The summed E-state index contributed by atoms with van der Waals surface area (Å²) in [7, 11) is 0. The number of hydrogen-bond acceptors (Lipinski definition) is 5. The Bertz CT molecular complexity index is 322. The van der Waals surface area contributed by atoms with Crippen LogP contribution < -0.4 is 0 Å². The third-order valence-corrected chi connectivity index (χ3v) is 2.08. The highest BCUT2D eigenvalue weighted by Crippen LogP contribution is 2.31. The molecule has 1 saturated heterocycles. The van der Waals surface area contributed by atoms with E-state index in [0.29, 0.717) is 18.3 Å². The summed E-state index contributed by atoms with van der Waals surface area (Å²) in [5.41, 5.74) is 0. The summed E-state index contributed by atoms with van der Waals surface area (Å²) in [5, 5.41) is 3.81. The molecule has 2 rings (SSSR count). The normalized spacial score (nSPS) is 25.5. The van der Waals surface area contributed by atoms with Crippen LogP contribution in [-0.2, 0) is 15.9 Å². The first-order valence-corrected chi connectivity index (χ1v) is 4.75. The summed E-state index contributed by atoms with van der Waals surface area (Å²) in [6.45, 7) is 6.18. The van der Waals surface area contributed by atoms with Crippen molar-refractivity contribution in [1.29, 1.82) is 0 Å². The van der Waals surface area contributed by atoms with Gasteiger partial charge in [-0.3, -0.25) is 0 Å². The van der Waals surface area contributed by atoms with E-state index in [0.717, 1.165) is 6.42 Å². The molecule has 14 heavy (non-hydrogen) atoms. The molecule has 0 amide bonds. The Labute approximate surface area is 82.4 Å². The minimum Gasteiger partial charge on any atom is -0.347 e. The Kier molecular flexibility index (Phi) is 2.28. The number of nitrogens with zero attached hydrogens (tertiary/aromatic N) is 2. The molecule has 1 aliphatic rings. The van der Waals surface area contributed by atoms with E-state index in [1.54, 1.807) is 0 Å². The fourth-order valence-electron chi connectivity index (χ4n) is 1.35. The average molecular weight is 198 g/mol. The predicted octanol–water partition coefficient (Wildman–Crippen LogP) is 1.46. The van der Waals surface area contributed by atoms with E-state index in [-0.39, 0.29) is 6.10 Å². The molecule has 1 aromatic rings. The van der Waals surface area contributed by atoms with Crippen LogP contribution in [0.2, 0.25) is 0 Å². The maximum atomic E-state index is 5.57. The van der Waals surface area contributed by atoms with E-state index < -0.39 is 5.79 Å². The van der Waals surface area contributed by atoms with E-state index >= 15 is 0 Å². The smallest absolute Gasteiger partial charge is 0.258 e. The first kappa shape index (κ1) is 9.61. The van der Waals surface area contributed by atoms with E-state index in [9.17, 15) is 0 Å². The minimum absolute atomic E-state index is 0.224. The lowest BCUT2D eigenvalue weighted by Gasteiger charge is -2.15. The van der Waals surface area contributed by atoms with Crippen LogP contribution in [0.1, 0.15) is 38.6 Å². The van der Waals surface area contributed by atoms with Gasteiger partial charge in [0.2, 0.25) is 0 Å². The number of aryl methyl sites for hydroxylation is 1. The third kappa shape index (κ3) is 1.78. The van der Waals surface area contributed by atoms with Crippen molar-refractivity contribution in [2.75, 3.05) is 6.61 Å². The highest BCUT2D eigenvalue weighted by atomic mass is 16.7. The second kappa shape index (κ2) is 3.33. The summed E-state index contributed by atoms with van der Waals surface area (Å²) in [5.74, 6) is 0.659. The lowest BCUT2D eigenvalue weighted by Crippen LogP contribution is -2.19. The molecule has 0 aromatic carbocycles. The van der Waals surface area contributed by atoms with E-state index in [1.165, 1.54) is 0 Å². The Morgan fingerprint density at radius 1 is 1.50 bits per heavy atom. The lowest BCUT2D eigenvalue weighted by molar-refractivity contribution is -0.141. The topological polar surface area (TPSA) is 57.4 Å². The largest absolute Gasteiger partial charge is 0.347 e. The van der Waals surface area contributed by atoms with Crippen LogP contribution in [0, 0.1) is 0 Å². The molecule has 78 valence electrons. The fourth-order valence-corrected chi connectivity index (χ4v) is 1.35. The van der Waals surface area contributed by atoms with Crippen LogP contribution in [-0.4, -0.2) is 22.5 Å². The molecule has 5 nitrogen and oxygen atoms in total. The highest BCUT2D eigenvalue weighted by molar-refractivity contribution is 4.92. The van der Waals surface area contributed by atoms with Crippen LogP contribution in [0.5, 0.6) is 0 Å². The van der Waals surface area contributed by atoms with Gasteiger partial charge in [0.05, 0.1) is 6.61 Å². The van der Waals surface area contributed by atoms with Crippen LogP contribution >= 0.6 is 0 Å². The van der Waals surface area contributed by atoms with Gasteiger partial charge in [-0.15, -0.1) is 0 Å². The van der Waals surface area contributed by atoms with Crippen molar-refractivity contribution in [2.45, 2.75) is 39.1 Å². The molecule has 2 heterocycles. The predicted molar refractivity (Wildman–Crippen MR) is 47.5 cm³/mol. The Balaban J connectivity index is 2.09. The number of ether oxygens (including phenoxy) is 2. The number of aromatic nitrogens is 2. The third-order valence-electron chi connectivity index (χ3n) is 2.08. The van der Waals surface area contributed by atoms with Gasteiger partial charge in [-0.1, -0.05) is 12.1 Å². The SMILES string of the molecule is CCc1noc([C@@H]2COC(C)(C)O2)n1. The van der Waals surface area contributed by atoms with Crippen molar-refractivity contribution in [2.24, 2.45) is 0 Å². The molecule has 0 N–H and O–H groups in total. The number of hydrogen-bond donors (Lipinski definition) is 0. The second-order valence-corrected chi connectivity index (χ2v) is 3.72. The molecule has 0 bridgehead atoms. The monoisotopic (exact) mass is 198 g/mol. The number of rotatable bonds is 2. The molecular formula is C9H14N2O3. The molecule has 1 atom stereocenters. The van der Waals surface area contributed by atoms with Crippen molar-refractivity contribution in [3.05, 3.63) is 11.7 Å². The Morgan fingerprint density at radius 2 is 2.29 bits per heavy atom. The molecule has 0 aliphatic carbocycles. The Hall–Kier alpha value is -0.940. The standard InChI is InChI=1S/C9H14N2O3/c1-4-7-10-8(14-11-7)6-5-12-9(2,3)13-6/h6H,4-5H2,1-3H3/t6-/m0/s1. The Morgan fingerprint density at radius 3 is 2.79 bits per heavy atom. The molecular weight excluding hydrogens is 184 g/mol. The van der Waals surface area contributed by atoms with Crippen LogP contribution in [0.15, 0.2) is 4.52 Å². The molecule has 1 aliphatic heterocycles. The molecule has 0 saturated carbocycles. The second-order valence-electron chi connectivity index (χ2n) is 3.72. The van der Waals surface area contributed by atoms with E-state index in [1.807, 2.05) is 20.8 Å². The van der Waals surface area contributed by atoms with Crippen LogP contribution in [0.4, 0.5) is 0 Å². The van der Waals surface area contributed by atoms with Crippen molar-refractivity contribution < 1.29 is 14.0 Å². The molecule has 0 spiro atoms. The lowest BCUT2D eigenvalue weighted by atomic mass is 10.3. The summed E-state index contributed by atoms with van der Waals surface area (Å²) < 4.78 is 16.0. The van der Waals surface area contributed by atoms with Gasteiger partial charge in [0.1, 0.15) is 0 Å². The molecule has 0 radical (unpaired) electrons. The molecule has 1 fully saturated rings. The van der Waals surface area contributed by atoms with Crippen molar-refractivity contribution in [3.8, 4) is 0 Å². The molecule has 0 unspecified atom stereocenters. The van der Waals surface area contributed by atoms with Crippen LogP contribution in [0.3, 0.4) is 0 Å². The summed E-state index contributed by atoms with van der Waals surface area (Å²) >= 11 is 0. The fraction of sp³-hybridized carbons (Fsp3) is 0.778. The zero-order valence-electron chi connectivity index (χ0n) is 8.61. The van der Waals surface area contributed by atoms with E-state index in [2.05, 4.69) is 10.1 Å². The van der Waals surface area contributed by atoms with Gasteiger partial charge in [-0.05, 0) is 13.8 Å². The zero-order chi connectivity index (χ0) is 10.2.